The maximum Gasteiger partial charge on any atom is 0.137 e. The molecule has 1 aromatic carbocycles. The first-order valence-corrected chi connectivity index (χ1v) is 7.78. The standard InChI is InChI=1S/C16H22BrN3/c1-10(2)9-13-5-7-14(8-6-13)12(4)20-16(18)15(17)11(3)19-20/h5-8,10,12H,9,18H2,1-4H3. The highest BCUT2D eigenvalue weighted by Gasteiger charge is 2.16. The van der Waals surface area contributed by atoms with Gasteiger partial charge in [0.05, 0.1) is 16.2 Å². The molecule has 4 heteroatoms. The maximum atomic E-state index is 6.09. The van der Waals surface area contributed by atoms with E-state index in [4.69, 9.17) is 5.73 Å². The van der Waals surface area contributed by atoms with E-state index < -0.39 is 0 Å². The third-order valence-corrected chi connectivity index (χ3v) is 4.50. The topological polar surface area (TPSA) is 43.8 Å². The Balaban J connectivity index is 2.24. The van der Waals surface area contributed by atoms with Crippen LogP contribution in [0.25, 0.3) is 0 Å². The first-order chi connectivity index (χ1) is 9.40. The molecule has 1 atom stereocenters. The predicted octanol–water partition coefficient (Wildman–Crippen LogP) is 4.34. The van der Waals surface area contributed by atoms with Crippen molar-refractivity contribution < 1.29 is 0 Å². The Morgan fingerprint density at radius 3 is 2.25 bits per heavy atom. The summed E-state index contributed by atoms with van der Waals surface area (Å²) in [6.07, 6.45) is 1.11. The van der Waals surface area contributed by atoms with Crippen LogP contribution in [0.3, 0.4) is 0 Å². The van der Waals surface area contributed by atoms with Crippen LogP contribution in [0.5, 0.6) is 0 Å². The Labute approximate surface area is 129 Å². The molecule has 0 bridgehead atoms. The fourth-order valence-corrected chi connectivity index (χ4v) is 2.65. The van der Waals surface area contributed by atoms with E-state index in [9.17, 15) is 0 Å². The van der Waals surface area contributed by atoms with Crippen LogP contribution in [0.1, 0.15) is 43.6 Å². The number of aryl methyl sites for hydroxylation is 1. The van der Waals surface area contributed by atoms with Crippen molar-refractivity contribution in [2.24, 2.45) is 5.92 Å². The zero-order chi connectivity index (χ0) is 14.9. The molecule has 0 fully saturated rings. The van der Waals surface area contributed by atoms with E-state index in [1.54, 1.807) is 0 Å². The summed E-state index contributed by atoms with van der Waals surface area (Å²) in [6, 6.07) is 8.88. The summed E-state index contributed by atoms with van der Waals surface area (Å²) in [5.74, 6) is 1.36. The van der Waals surface area contributed by atoms with Crippen LogP contribution in [0.15, 0.2) is 28.7 Å². The zero-order valence-corrected chi connectivity index (χ0v) is 14.1. The van der Waals surface area contributed by atoms with Crippen molar-refractivity contribution in [2.45, 2.75) is 40.2 Å². The lowest BCUT2D eigenvalue weighted by Crippen LogP contribution is -2.11. The van der Waals surface area contributed by atoms with Gasteiger partial charge in [0.25, 0.3) is 0 Å². The number of hydrogen-bond acceptors (Lipinski definition) is 2. The quantitative estimate of drug-likeness (QED) is 0.902. The molecule has 0 saturated carbocycles. The van der Waals surface area contributed by atoms with Crippen LogP contribution < -0.4 is 5.73 Å². The lowest BCUT2D eigenvalue weighted by atomic mass is 10.00. The summed E-state index contributed by atoms with van der Waals surface area (Å²) >= 11 is 3.47. The third-order valence-electron chi connectivity index (χ3n) is 3.52. The van der Waals surface area contributed by atoms with Crippen molar-refractivity contribution in [3.63, 3.8) is 0 Å². The van der Waals surface area contributed by atoms with Gasteiger partial charge < -0.3 is 5.73 Å². The molecule has 0 aliphatic rings. The Kier molecular flexibility index (Phi) is 4.53. The van der Waals surface area contributed by atoms with Crippen molar-refractivity contribution in [3.8, 4) is 0 Å². The van der Waals surface area contributed by atoms with Gasteiger partial charge >= 0.3 is 0 Å². The first kappa shape index (κ1) is 15.1. The van der Waals surface area contributed by atoms with Crippen molar-refractivity contribution in [2.75, 3.05) is 5.73 Å². The van der Waals surface area contributed by atoms with Crippen molar-refractivity contribution in [1.82, 2.24) is 9.78 Å². The molecule has 2 aromatic rings. The first-order valence-electron chi connectivity index (χ1n) is 6.99. The van der Waals surface area contributed by atoms with Gasteiger partial charge in [-0.15, -0.1) is 0 Å². The summed E-state index contributed by atoms with van der Waals surface area (Å²) in [5.41, 5.74) is 9.61. The molecule has 0 aliphatic heterocycles. The summed E-state index contributed by atoms with van der Waals surface area (Å²) in [7, 11) is 0. The van der Waals surface area contributed by atoms with E-state index in [1.165, 1.54) is 11.1 Å². The Morgan fingerprint density at radius 1 is 1.20 bits per heavy atom. The van der Waals surface area contributed by atoms with Crippen LogP contribution in [0.4, 0.5) is 5.82 Å². The van der Waals surface area contributed by atoms with E-state index in [0.29, 0.717) is 11.7 Å². The average molecular weight is 336 g/mol. The van der Waals surface area contributed by atoms with Gasteiger partial charge in [-0.1, -0.05) is 38.1 Å². The second-order valence-electron chi connectivity index (χ2n) is 5.74. The number of anilines is 1. The zero-order valence-electron chi connectivity index (χ0n) is 12.5. The number of nitrogens with zero attached hydrogens (tertiary/aromatic N) is 2. The summed E-state index contributed by atoms with van der Waals surface area (Å²) < 4.78 is 2.76. The highest BCUT2D eigenvalue weighted by atomic mass is 79.9. The van der Waals surface area contributed by atoms with Gasteiger partial charge in [-0.05, 0) is 53.2 Å². The fraction of sp³-hybridized carbons (Fsp3) is 0.438. The van der Waals surface area contributed by atoms with Gasteiger partial charge in [-0.2, -0.15) is 5.10 Å². The summed E-state index contributed by atoms with van der Waals surface area (Å²) in [6.45, 7) is 8.55. The number of benzene rings is 1. The molecule has 0 saturated heterocycles. The number of nitrogens with two attached hydrogens (primary N) is 1. The van der Waals surface area contributed by atoms with Gasteiger partial charge in [0.2, 0.25) is 0 Å². The molecule has 1 unspecified atom stereocenters. The van der Waals surface area contributed by atoms with Gasteiger partial charge in [-0.3, -0.25) is 0 Å². The molecular formula is C16H22BrN3. The van der Waals surface area contributed by atoms with Crippen LogP contribution in [0.2, 0.25) is 0 Å². The van der Waals surface area contributed by atoms with E-state index in [-0.39, 0.29) is 6.04 Å². The number of halogens is 1. The molecule has 1 aromatic heterocycles. The fourth-order valence-electron chi connectivity index (χ4n) is 2.39. The minimum absolute atomic E-state index is 0.133. The highest BCUT2D eigenvalue weighted by Crippen LogP contribution is 2.28. The molecule has 2 N–H and O–H groups in total. The molecule has 20 heavy (non-hydrogen) atoms. The third kappa shape index (κ3) is 3.06. The average Bonchev–Trinajstić information content (AvgIpc) is 2.66. The van der Waals surface area contributed by atoms with E-state index >= 15 is 0 Å². The van der Waals surface area contributed by atoms with Crippen molar-refractivity contribution >= 4 is 21.7 Å². The SMILES string of the molecule is Cc1nn(C(C)c2ccc(CC(C)C)cc2)c(N)c1Br. The Bertz CT molecular complexity index is 585. The van der Waals surface area contributed by atoms with E-state index in [0.717, 1.165) is 16.6 Å². The molecule has 0 aliphatic carbocycles. The largest absolute Gasteiger partial charge is 0.383 e. The minimum atomic E-state index is 0.133. The van der Waals surface area contributed by atoms with Crippen LogP contribution in [-0.2, 0) is 6.42 Å². The smallest absolute Gasteiger partial charge is 0.137 e. The predicted molar refractivity (Wildman–Crippen MR) is 87.9 cm³/mol. The second kappa shape index (κ2) is 6.00. The van der Waals surface area contributed by atoms with Gasteiger partial charge in [0.1, 0.15) is 5.82 Å². The summed E-state index contributed by atoms with van der Waals surface area (Å²) in [4.78, 5) is 0. The lowest BCUT2D eigenvalue weighted by molar-refractivity contribution is 0.568. The maximum absolute atomic E-state index is 6.09. The van der Waals surface area contributed by atoms with Gasteiger partial charge in [-0.25, -0.2) is 4.68 Å². The molecule has 108 valence electrons. The normalized spacial score (nSPS) is 12.9. The molecule has 0 spiro atoms. The Morgan fingerprint density at radius 2 is 1.80 bits per heavy atom. The van der Waals surface area contributed by atoms with E-state index in [2.05, 4.69) is 66.1 Å². The highest BCUT2D eigenvalue weighted by molar-refractivity contribution is 9.10. The van der Waals surface area contributed by atoms with E-state index in [1.807, 2.05) is 11.6 Å². The van der Waals surface area contributed by atoms with Crippen molar-refractivity contribution in [1.29, 1.82) is 0 Å². The number of aromatic nitrogens is 2. The number of hydrogen-bond donors (Lipinski definition) is 1. The van der Waals surface area contributed by atoms with Gasteiger partial charge in [0, 0.05) is 0 Å². The van der Waals surface area contributed by atoms with Crippen LogP contribution in [0, 0.1) is 12.8 Å². The molecule has 1 heterocycles. The van der Waals surface area contributed by atoms with Gasteiger partial charge in [0.15, 0.2) is 0 Å². The lowest BCUT2D eigenvalue weighted by Gasteiger charge is -2.15. The molecular weight excluding hydrogens is 314 g/mol. The summed E-state index contributed by atoms with van der Waals surface area (Å²) in [5, 5.41) is 4.50. The number of rotatable bonds is 4. The molecule has 2 rings (SSSR count). The minimum Gasteiger partial charge on any atom is -0.383 e. The molecule has 3 nitrogen and oxygen atoms in total. The molecule has 0 radical (unpaired) electrons. The number of nitrogen functional groups attached to an aromatic ring is 1. The molecule has 0 amide bonds. The Hall–Kier alpha value is -1.29. The van der Waals surface area contributed by atoms with Crippen molar-refractivity contribution in [3.05, 3.63) is 45.6 Å². The van der Waals surface area contributed by atoms with Crippen LogP contribution >= 0.6 is 15.9 Å². The van der Waals surface area contributed by atoms with Crippen LogP contribution in [-0.4, -0.2) is 9.78 Å². The second-order valence-corrected chi connectivity index (χ2v) is 6.54. The monoisotopic (exact) mass is 335 g/mol.